The van der Waals surface area contributed by atoms with Crippen molar-refractivity contribution in [3.63, 3.8) is 0 Å². The van der Waals surface area contributed by atoms with Crippen molar-refractivity contribution in [1.82, 2.24) is 15.5 Å². The smallest absolute Gasteiger partial charge is 0.191 e. The van der Waals surface area contributed by atoms with Gasteiger partial charge in [0.15, 0.2) is 5.96 Å². The zero-order valence-corrected chi connectivity index (χ0v) is 17.7. The van der Waals surface area contributed by atoms with Gasteiger partial charge in [0, 0.05) is 43.7 Å². The third-order valence-corrected chi connectivity index (χ3v) is 4.96. The lowest BCUT2D eigenvalue weighted by atomic mass is 9.90. The van der Waals surface area contributed by atoms with Crippen LogP contribution in [0, 0.1) is 11.3 Å². The molecule has 3 unspecified atom stereocenters. The highest BCUT2D eigenvalue weighted by molar-refractivity contribution is 14.0. The van der Waals surface area contributed by atoms with Gasteiger partial charge < -0.3 is 15.4 Å². The number of nitrogens with zero attached hydrogens (tertiary/aromatic N) is 2. The van der Waals surface area contributed by atoms with Crippen LogP contribution in [0.3, 0.4) is 0 Å². The largest absolute Gasteiger partial charge is 0.381 e. The van der Waals surface area contributed by atoms with E-state index in [9.17, 15) is 0 Å². The van der Waals surface area contributed by atoms with Gasteiger partial charge in [0.05, 0.1) is 13.2 Å². The summed E-state index contributed by atoms with van der Waals surface area (Å²) in [6, 6.07) is 1.09. The van der Waals surface area contributed by atoms with Crippen LogP contribution in [-0.2, 0) is 4.74 Å². The summed E-state index contributed by atoms with van der Waals surface area (Å²) in [4.78, 5) is 7.37. The fraction of sp³-hybridized carbons (Fsp3) is 0.941. The number of hydrogen-bond donors (Lipinski definition) is 2. The maximum Gasteiger partial charge on any atom is 0.191 e. The van der Waals surface area contributed by atoms with Gasteiger partial charge in [-0.2, -0.15) is 0 Å². The van der Waals surface area contributed by atoms with Crippen molar-refractivity contribution < 1.29 is 4.74 Å². The van der Waals surface area contributed by atoms with Gasteiger partial charge in [0.1, 0.15) is 0 Å². The molecule has 2 heterocycles. The van der Waals surface area contributed by atoms with Gasteiger partial charge >= 0.3 is 0 Å². The van der Waals surface area contributed by atoms with Gasteiger partial charge in [-0.15, -0.1) is 24.0 Å². The van der Waals surface area contributed by atoms with Crippen LogP contribution in [0.5, 0.6) is 0 Å². The Hall–Kier alpha value is -0.0800. The van der Waals surface area contributed by atoms with Gasteiger partial charge in [0.25, 0.3) is 0 Å². The van der Waals surface area contributed by atoms with E-state index >= 15 is 0 Å². The average molecular weight is 438 g/mol. The molecule has 2 N–H and O–H groups in total. The normalized spacial score (nSPS) is 32.2. The Bertz CT molecular complexity index is 383. The Labute approximate surface area is 159 Å². The summed E-state index contributed by atoms with van der Waals surface area (Å²) >= 11 is 0. The highest BCUT2D eigenvalue weighted by atomic mass is 127. The van der Waals surface area contributed by atoms with Crippen molar-refractivity contribution in [2.45, 2.75) is 53.1 Å². The zero-order valence-electron chi connectivity index (χ0n) is 15.4. The monoisotopic (exact) mass is 438 g/mol. The third-order valence-electron chi connectivity index (χ3n) is 4.96. The molecule has 2 fully saturated rings. The molecular weight excluding hydrogens is 403 g/mol. The van der Waals surface area contributed by atoms with E-state index in [4.69, 9.17) is 9.73 Å². The van der Waals surface area contributed by atoms with Crippen LogP contribution < -0.4 is 10.6 Å². The summed E-state index contributed by atoms with van der Waals surface area (Å²) in [5.41, 5.74) is 0.202. The molecule has 136 valence electrons. The van der Waals surface area contributed by atoms with Crippen molar-refractivity contribution in [3.8, 4) is 0 Å². The van der Waals surface area contributed by atoms with Gasteiger partial charge in [0.2, 0.25) is 0 Å². The minimum atomic E-state index is 0. The van der Waals surface area contributed by atoms with Crippen molar-refractivity contribution in [3.05, 3.63) is 0 Å². The summed E-state index contributed by atoms with van der Waals surface area (Å²) in [6.07, 6.45) is 1.11. The highest BCUT2D eigenvalue weighted by Crippen LogP contribution is 2.27. The minimum Gasteiger partial charge on any atom is -0.381 e. The number of aliphatic imine (C=N–C) groups is 1. The fourth-order valence-corrected chi connectivity index (χ4v) is 3.21. The maximum atomic E-state index is 5.53. The molecule has 2 saturated heterocycles. The number of rotatable bonds is 5. The van der Waals surface area contributed by atoms with E-state index in [2.05, 4.69) is 50.2 Å². The lowest BCUT2D eigenvalue weighted by molar-refractivity contribution is 0.163. The van der Waals surface area contributed by atoms with Crippen molar-refractivity contribution in [2.24, 2.45) is 16.3 Å². The maximum absolute atomic E-state index is 5.53. The molecule has 5 nitrogen and oxygen atoms in total. The summed E-state index contributed by atoms with van der Waals surface area (Å²) < 4.78 is 5.53. The number of ether oxygens (including phenoxy) is 1. The Morgan fingerprint density at radius 2 is 2.13 bits per heavy atom. The number of likely N-dealkylation sites (tertiary alicyclic amines) is 1. The van der Waals surface area contributed by atoms with E-state index in [-0.39, 0.29) is 29.4 Å². The molecule has 0 saturated carbocycles. The molecule has 0 aromatic rings. The summed E-state index contributed by atoms with van der Waals surface area (Å²) in [7, 11) is 0. The van der Waals surface area contributed by atoms with E-state index in [1.807, 2.05) is 0 Å². The third kappa shape index (κ3) is 6.05. The van der Waals surface area contributed by atoms with E-state index in [0.717, 1.165) is 45.2 Å². The van der Waals surface area contributed by atoms with Gasteiger partial charge in [-0.25, -0.2) is 0 Å². The number of nitrogens with one attached hydrogen (secondary N) is 2. The van der Waals surface area contributed by atoms with Crippen LogP contribution in [-0.4, -0.2) is 62.3 Å². The SMILES string of the molecule is CCNC(=NCC1(C)CCOC1)NC1CN(C(C)C)CC1C.I. The van der Waals surface area contributed by atoms with Gasteiger partial charge in [-0.1, -0.05) is 13.8 Å². The molecule has 2 aliphatic heterocycles. The van der Waals surface area contributed by atoms with Crippen molar-refractivity contribution in [1.29, 1.82) is 0 Å². The highest BCUT2D eigenvalue weighted by Gasteiger charge is 2.32. The van der Waals surface area contributed by atoms with Crippen LogP contribution in [0.4, 0.5) is 0 Å². The Morgan fingerprint density at radius 1 is 1.39 bits per heavy atom. The van der Waals surface area contributed by atoms with E-state index < -0.39 is 0 Å². The first-order valence-corrected chi connectivity index (χ1v) is 8.80. The first-order valence-electron chi connectivity index (χ1n) is 8.80. The van der Waals surface area contributed by atoms with Gasteiger partial charge in [-0.3, -0.25) is 9.89 Å². The number of halogens is 1. The summed E-state index contributed by atoms with van der Waals surface area (Å²) in [5.74, 6) is 1.61. The average Bonchev–Trinajstić information content (AvgIpc) is 3.04. The molecule has 2 aliphatic rings. The van der Waals surface area contributed by atoms with E-state index in [1.165, 1.54) is 6.54 Å². The van der Waals surface area contributed by atoms with E-state index in [1.54, 1.807) is 0 Å². The second-order valence-electron chi connectivity index (χ2n) is 7.58. The molecule has 2 rings (SSSR count). The first kappa shape index (κ1) is 21.0. The predicted molar refractivity (Wildman–Crippen MR) is 108 cm³/mol. The molecular formula is C17H35IN4O. The minimum absolute atomic E-state index is 0. The Kier molecular flexibility index (Phi) is 8.58. The zero-order chi connectivity index (χ0) is 16.2. The molecule has 0 amide bonds. The molecule has 3 atom stereocenters. The second kappa shape index (κ2) is 9.42. The van der Waals surface area contributed by atoms with Crippen molar-refractivity contribution in [2.75, 3.05) is 39.4 Å². The molecule has 0 aromatic heterocycles. The van der Waals surface area contributed by atoms with Crippen LogP contribution in [0.25, 0.3) is 0 Å². The van der Waals surface area contributed by atoms with Crippen LogP contribution >= 0.6 is 24.0 Å². The van der Waals surface area contributed by atoms with Crippen LogP contribution in [0.1, 0.15) is 41.0 Å². The van der Waals surface area contributed by atoms with E-state index in [0.29, 0.717) is 18.0 Å². The summed E-state index contributed by atoms with van der Waals surface area (Å²) in [6.45, 7) is 17.0. The lowest BCUT2D eigenvalue weighted by Gasteiger charge is -2.23. The fourth-order valence-electron chi connectivity index (χ4n) is 3.21. The summed E-state index contributed by atoms with van der Waals surface area (Å²) in [5, 5.41) is 7.04. The van der Waals surface area contributed by atoms with Crippen molar-refractivity contribution >= 4 is 29.9 Å². The molecule has 0 radical (unpaired) electrons. The first-order chi connectivity index (χ1) is 10.4. The standard InChI is InChI=1S/C17H34N4O.HI/c1-6-18-16(19-11-17(5)7-8-22-12-17)20-15-10-21(13(2)3)9-14(15)4;/h13-15H,6-12H2,1-5H3,(H2,18,19,20);1H. The predicted octanol–water partition coefficient (Wildman–Crippen LogP) is 2.31. The molecule has 0 bridgehead atoms. The molecule has 23 heavy (non-hydrogen) atoms. The molecule has 0 spiro atoms. The molecule has 0 aliphatic carbocycles. The lowest BCUT2D eigenvalue weighted by Crippen LogP contribution is -2.47. The van der Waals surface area contributed by atoms with Crippen LogP contribution in [0.15, 0.2) is 4.99 Å². The second-order valence-corrected chi connectivity index (χ2v) is 7.58. The molecule has 6 heteroatoms. The number of hydrogen-bond acceptors (Lipinski definition) is 3. The molecule has 0 aromatic carbocycles. The van der Waals surface area contributed by atoms with Crippen LogP contribution in [0.2, 0.25) is 0 Å². The quantitative estimate of drug-likeness (QED) is 0.393. The number of guanidine groups is 1. The van der Waals surface area contributed by atoms with Gasteiger partial charge in [-0.05, 0) is 33.1 Å². The Balaban J connectivity index is 0.00000264. The topological polar surface area (TPSA) is 48.9 Å². The Morgan fingerprint density at radius 3 is 2.65 bits per heavy atom.